The van der Waals surface area contributed by atoms with E-state index < -0.39 is 0 Å². The van der Waals surface area contributed by atoms with Crippen LogP contribution in [0.4, 0.5) is 5.69 Å². The minimum atomic E-state index is -0.0914. The summed E-state index contributed by atoms with van der Waals surface area (Å²) in [5.74, 6) is -0.0914. The van der Waals surface area contributed by atoms with E-state index in [-0.39, 0.29) is 5.91 Å². The zero-order valence-electron chi connectivity index (χ0n) is 15.2. The second-order valence-corrected chi connectivity index (χ2v) is 6.62. The molecule has 0 saturated carbocycles. The number of aromatic nitrogens is 2. The van der Waals surface area contributed by atoms with Gasteiger partial charge in [0.15, 0.2) is 0 Å². The second-order valence-electron chi connectivity index (χ2n) is 6.62. The van der Waals surface area contributed by atoms with Crippen molar-refractivity contribution in [2.24, 2.45) is 7.05 Å². The molecule has 5 nitrogen and oxygen atoms in total. The Balaban J connectivity index is 1.54. The second kappa shape index (κ2) is 7.55. The van der Waals surface area contributed by atoms with Crippen LogP contribution >= 0.6 is 0 Å². The van der Waals surface area contributed by atoms with Crippen LogP contribution in [-0.4, -0.2) is 28.8 Å². The Labute approximate surface area is 149 Å². The molecule has 0 unspecified atom stereocenters. The number of anilines is 1. The summed E-state index contributed by atoms with van der Waals surface area (Å²) in [5.41, 5.74) is 5.38. The first kappa shape index (κ1) is 17.3. The monoisotopic (exact) mass is 338 g/mol. The first-order valence-electron chi connectivity index (χ1n) is 8.84. The number of amides is 1. The third kappa shape index (κ3) is 4.10. The summed E-state index contributed by atoms with van der Waals surface area (Å²) >= 11 is 0. The summed E-state index contributed by atoms with van der Waals surface area (Å²) in [4.78, 5) is 14.5. The molecule has 132 valence electrons. The van der Waals surface area contributed by atoms with E-state index >= 15 is 0 Å². The van der Waals surface area contributed by atoms with Crippen molar-refractivity contribution in [3.05, 3.63) is 52.9 Å². The smallest absolute Gasteiger partial charge is 0.244 e. The van der Waals surface area contributed by atoms with Crippen molar-refractivity contribution in [2.45, 2.75) is 33.2 Å². The lowest BCUT2D eigenvalue weighted by Crippen LogP contribution is -2.20. The molecule has 0 radical (unpaired) electrons. The summed E-state index contributed by atoms with van der Waals surface area (Å²) in [6.45, 7) is 6.78. The van der Waals surface area contributed by atoms with Gasteiger partial charge in [0.05, 0.1) is 5.69 Å². The number of nitrogens with one attached hydrogen (secondary N) is 1. The standard InChI is InChI=1S/C20H26N4O/c1-15-19(16(2)23(3)22-15)10-11-20(25)21-14-17-6-8-18(9-7-17)24-12-4-5-13-24/h6-11H,4-5,12-14H2,1-3H3,(H,21,25). The van der Waals surface area contributed by atoms with Gasteiger partial charge in [-0.3, -0.25) is 9.48 Å². The summed E-state index contributed by atoms with van der Waals surface area (Å²) in [7, 11) is 1.91. The van der Waals surface area contributed by atoms with Crippen molar-refractivity contribution >= 4 is 17.7 Å². The van der Waals surface area contributed by atoms with Gasteiger partial charge in [0.1, 0.15) is 0 Å². The van der Waals surface area contributed by atoms with Gasteiger partial charge in [0.2, 0.25) is 5.91 Å². The van der Waals surface area contributed by atoms with E-state index in [1.54, 1.807) is 6.08 Å². The van der Waals surface area contributed by atoms with Crippen LogP contribution in [0.5, 0.6) is 0 Å². The fourth-order valence-electron chi connectivity index (χ4n) is 3.24. The van der Waals surface area contributed by atoms with Gasteiger partial charge in [-0.15, -0.1) is 0 Å². The maximum atomic E-state index is 12.1. The fourth-order valence-corrected chi connectivity index (χ4v) is 3.24. The number of carbonyl (C=O) groups excluding carboxylic acids is 1. The molecule has 25 heavy (non-hydrogen) atoms. The molecule has 0 spiro atoms. The molecule has 1 N–H and O–H groups in total. The Bertz CT molecular complexity index is 768. The lowest BCUT2D eigenvalue weighted by atomic mass is 10.1. The molecule has 1 saturated heterocycles. The molecule has 1 aromatic heterocycles. The molecule has 5 heteroatoms. The molecule has 1 aliphatic heterocycles. The van der Waals surface area contributed by atoms with Gasteiger partial charge >= 0.3 is 0 Å². The topological polar surface area (TPSA) is 50.2 Å². The first-order valence-corrected chi connectivity index (χ1v) is 8.84. The van der Waals surface area contributed by atoms with Crippen molar-refractivity contribution in [1.82, 2.24) is 15.1 Å². The van der Waals surface area contributed by atoms with Crippen LogP contribution in [0.25, 0.3) is 6.08 Å². The summed E-state index contributed by atoms with van der Waals surface area (Å²) in [6.07, 6.45) is 5.97. The summed E-state index contributed by atoms with van der Waals surface area (Å²) < 4.78 is 1.83. The maximum absolute atomic E-state index is 12.1. The van der Waals surface area contributed by atoms with E-state index in [2.05, 4.69) is 39.6 Å². The largest absolute Gasteiger partial charge is 0.372 e. The third-order valence-electron chi connectivity index (χ3n) is 4.84. The average molecular weight is 338 g/mol. The highest BCUT2D eigenvalue weighted by Gasteiger charge is 2.11. The highest BCUT2D eigenvalue weighted by atomic mass is 16.1. The third-order valence-corrected chi connectivity index (χ3v) is 4.84. The van der Waals surface area contributed by atoms with Crippen LogP contribution in [-0.2, 0) is 18.4 Å². The van der Waals surface area contributed by atoms with E-state index in [9.17, 15) is 4.79 Å². The number of hydrogen-bond donors (Lipinski definition) is 1. The Morgan fingerprint density at radius 2 is 1.88 bits per heavy atom. The Kier molecular flexibility index (Phi) is 5.22. The SMILES string of the molecule is Cc1nn(C)c(C)c1C=CC(=O)NCc1ccc(N2CCCC2)cc1. The predicted molar refractivity (Wildman–Crippen MR) is 101 cm³/mol. The van der Waals surface area contributed by atoms with Gasteiger partial charge < -0.3 is 10.2 Å². The van der Waals surface area contributed by atoms with E-state index in [0.29, 0.717) is 6.54 Å². The number of carbonyl (C=O) groups is 1. The maximum Gasteiger partial charge on any atom is 0.244 e. The number of nitrogens with zero attached hydrogens (tertiary/aromatic N) is 3. The lowest BCUT2D eigenvalue weighted by Gasteiger charge is -2.17. The number of aryl methyl sites for hydroxylation is 2. The predicted octanol–water partition coefficient (Wildman–Crippen LogP) is 2.97. The number of benzene rings is 1. The molecule has 1 amide bonds. The van der Waals surface area contributed by atoms with E-state index in [1.807, 2.05) is 31.7 Å². The molecule has 2 heterocycles. The number of hydrogen-bond acceptors (Lipinski definition) is 3. The molecule has 1 aromatic carbocycles. The Hall–Kier alpha value is -2.56. The van der Waals surface area contributed by atoms with Crippen molar-refractivity contribution < 1.29 is 4.79 Å². The minimum Gasteiger partial charge on any atom is -0.372 e. The van der Waals surface area contributed by atoms with Crippen LogP contribution in [0.1, 0.15) is 35.4 Å². The van der Waals surface area contributed by atoms with Crippen molar-refractivity contribution in [3.63, 3.8) is 0 Å². The fraction of sp³-hybridized carbons (Fsp3) is 0.400. The van der Waals surface area contributed by atoms with Gasteiger partial charge in [-0.1, -0.05) is 12.1 Å². The van der Waals surface area contributed by atoms with E-state index in [1.165, 1.54) is 18.5 Å². The molecular weight excluding hydrogens is 312 g/mol. The number of rotatable bonds is 5. The highest BCUT2D eigenvalue weighted by Crippen LogP contribution is 2.20. The van der Waals surface area contributed by atoms with Gasteiger partial charge in [0, 0.05) is 49.7 Å². The first-order chi connectivity index (χ1) is 12.0. The van der Waals surface area contributed by atoms with Crippen molar-refractivity contribution in [1.29, 1.82) is 0 Å². The zero-order chi connectivity index (χ0) is 17.8. The van der Waals surface area contributed by atoms with Gasteiger partial charge in [0.25, 0.3) is 0 Å². The van der Waals surface area contributed by atoms with Crippen LogP contribution in [0.15, 0.2) is 30.3 Å². The summed E-state index contributed by atoms with van der Waals surface area (Å²) in [5, 5.41) is 7.29. The van der Waals surface area contributed by atoms with Crippen LogP contribution in [0.3, 0.4) is 0 Å². The van der Waals surface area contributed by atoms with Crippen LogP contribution in [0, 0.1) is 13.8 Å². The molecule has 1 fully saturated rings. The molecule has 3 rings (SSSR count). The zero-order valence-corrected chi connectivity index (χ0v) is 15.2. The van der Waals surface area contributed by atoms with Crippen molar-refractivity contribution in [3.8, 4) is 0 Å². The van der Waals surface area contributed by atoms with Crippen molar-refractivity contribution in [2.75, 3.05) is 18.0 Å². The van der Waals surface area contributed by atoms with Gasteiger partial charge in [-0.05, 0) is 50.5 Å². The molecule has 0 atom stereocenters. The van der Waals surface area contributed by atoms with Gasteiger partial charge in [-0.2, -0.15) is 5.10 Å². The van der Waals surface area contributed by atoms with Crippen LogP contribution < -0.4 is 10.2 Å². The molecule has 2 aromatic rings. The van der Waals surface area contributed by atoms with E-state index in [0.717, 1.165) is 35.6 Å². The quantitative estimate of drug-likeness (QED) is 0.853. The molecule has 1 aliphatic rings. The average Bonchev–Trinajstić information content (AvgIpc) is 3.22. The normalized spacial score (nSPS) is 14.4. The summed E-state index contributed by atoms with van der Waals surface area (Å²) in [6, 6.07) is 8.47. The molecule has 0 bridgehead atoms. The molecular formula is C20H26N4O. The lowest BCUT2D eigenvalue weighted by molar-refractivity contribution is -0.116. The van der Waals surface area contributed by atoms with Crippen LogP contribution in [0.2, 0.25) is 0 Å². The highest BCUT2D eigenvalue weighted by molar-refractivity contribution is 5.91. The molecule has 0 aliphatic carbocycles. The minimum absolute atomic E-state index is 0.0914. The van der Waals surface area contributed by atoms with E-state index in [4.69, 9.17) is 0 Å². The Morgan fingerprint density at radius 1 is 1.20 bits per heavy atom. The Morgan fingerprint density at radius 3 is 2.48 bits per heavy atom. The van der Waals surface area contributed by atoms with Gasteiger partial charge in [-0.25, -0.2) is 0 Å².